The van der Waals surface area contributed by atoms with Gasteiger partial charge in [-0.15, -0.1) is 0 Å². The maximum absolute atomic E-state index is 3.79. The summed E-state index contributed by atoms with van der Waals surface area (Å²) in [6.45, 7) is 0. The molecule has 0 spiro atoms. The van der Waals surface area contributed by atoms with Crippen LogP contribution in [-0.2, 0) is 0 Å². The summed E-state index contributed by atoms with van der Waals surface area (Å²) in [7, 11) is 0. The lowest BCUT2D eigenvalue weighted by molar-refractivity contribution is 1.52. The number of hydrogen-bond donors (Lipinski definition) is 1. The van der Waals surface area contributed by atoms with Gasteiger partial charge < -0.3 is 4.98 Å². The summed E-state index contributed by atoms with van der Waals surface area (Å²) in [6.07, 6.45) is 0. The van der Waals surface area contributed by atoms with Crippen LogP contribution >= 0.6 is 0 Å². The Morgan fingerprint density at radius 2 is 0.838 bits per heavy atom. The lowest BCUT2D eigenvalue weighted by Gasteiger charge is -2.18. The van der Waals surface area contributed by atoms with E-state index in [1.807, 2.05) is 0 Å². The van der Waals surface area contributed by atoms with Crippen LogP contribution in [0.25, 0.3) is 66.3 Å². The highest BCUT2D eigenvalue weighted by Gasteiger charge is 2.20. The molecule has 174 valence electrons. The van der Waals surface area contributed by atoms with Crippen molar-refractivity contribution in [2.45, 2.75) is 0 Å². The second-order valence-corrected chi connectivity index (χ2v) is 9.40. The minimum Gasteiger partial charge on any atom is -0.354 e. The molecule has 6 aromatic carbocycles. The van der Waals surface area contributed by atoms with Crippen molar-refractivity contribution in [3.05, 3.63) is 146 Å². The number of aromatic amines is 1. The third-order valence-electron chi connectivity index (χ3n) is 7.27. The molecular formula is C36H25N. The molecule has 0 aliphatic carbocycles. The van der Waals surface area contributed by atoms with Gasteiger partial charge in [0.15, 0.2) is 0 Å². The number of benzene rings is 6. The number of rotatable bonds is 4. The molecule has 0 radical (unpaired) electrons. The second kappa shape index (κ2) is 8.96. The lowest BCUT2D eigenvalue weighted by Crippen LogP contribution is -1.93. The fourth-order valence-electron chi connectivity index (χ4n) is 5.58. The van der Waals surface area contributed by atoms with Crippen LogP contribution < -0.4 is 0 Å². The molecule has 0 saturated heterocycles. The average Bonchev–Trinajstić information content (AvgIpc) is 3.36. The summed E-state index contributed by atoms with van der Waals surface area (Å²) in [5.41, 5.74) is 12.1. The number of aromatic nitrogens is 1. The highest BCUT2D eigenvalue weighted by atomic mass is 14.7. The van der Waals surface area contributed by atoms with Crippen LogP contribution in [0.4, 0.5) is 0 Å². The first kappa shape index (κ1) is 21.4. The third kappa shape index (κ3) is 3.64. The number of fused-ring (bicyclic) bond motifs is 3. The van der Waals surface area contributed by atoms with Crippen molar-refractivity contribution in [2.75, 3.05) is 0 Å². The largest absolute Gasteiger partial charge is 0.354 e. The van der Waals surface area contributed by atoms with Crippen LogP contribution in [-0.4, -0.2) is 4.98 Å². The van der Waals surface area contributed by atoms with Gasteiger partial charge in [-0.3, -0.25) is 0 Å². The van der Waals surface area contributed by atoms with Gasteiger partial charge in [0.25, 0.3) is 0 Å². The van der Waals surface area contributed by atoms with Gasteiger partial charge >= 0.3 is 0 Å². The van der Waals surface area contributed by atoms with E-state index in [0.717, 1.165) is 5.52 Å². The molecule has 1 N–H and O–H groups in total. The molecule has 0 fully saturated rings. The zero-order valence-electron chi connectivity index (χ0n) is 20.4. The molecule has 0 amide bonds. The van der Waals surface area contributed by atoms with Crippen LogP contribution in [0, 0.1) is 0 Å². The molecule has 1 heterocycles. The normalized spacial score (nSPS) is 11.2. The molecule has 0 aliphatic heterocycles. The van der Waals surface area contributed by atoms with Gasteiger partial charge in [-0.2, -0.15) is 0 Å². The SMILES string of the molecule is c1ccc(-c2ccccc2-c2ccc3c([nH]c4ccccc43)c2-c2ccccc2-c2ccccc2)cc1. The summed E-state index contributed by atoms with van der Waals surface area (Å²) < 4.78 is 0. The predicted octanol–water partition coefficient (Wildman–Crippen LogP) is 9.99. The van der Waals surface area contributed by atoms with Gasteiger partial charge in [0, 0.05) is 21.9 Å². The number of H-pyrrole nitrogens is 1. The number of hydrogen-bond acceptors (Lipinski definition) is 0. The molecule has 1 heteroatoms. The molecule has 1 aromatic heterocycles. The van der Waals surface area contributed by atoms with Crippen molar-refractivity contribution < 1.29 is 0 Å². The molecule has 0 atom stereocenters. The van der Waals surface area contributed by atoms with Gasteiger partial charge in [0.1, 0.15) is 0 Å². The molecule has 0 unspecified atom stereocenters. The summed E-state index contributed by atoms with van der Waals surface area (Å²) in [5, 5.41) is 2.49. The maximum atomic E-state index is 3.79. The average molecular weight is 472 g/mol. The fraction of sp³-hybridized carbons (Fsp3) is 0. The van der Waals surface area contributed by atoms with E-state index in [1.165, 1.54) is 60.8 Å². The minimum absolute atomic E-state index is 1.16. The predicted molar refractivity (Wildman–Crippen MR) is 158 cm³/mol. The Morgan fingerprint density at radius 3 is 1.51 bits per heavy atom. The van der Waals surface area contributed by atoms with Gasteiger partial charge in [-0.05, 0) is 45.0 Å². The second-order valence-electron chi connectivity index (χ2n) is 9.40. The van der Waals surface area contributed by atoms with Gasteiger partial charge in [-0.1, -0.05) is 140 Å². The molecular weight excluding hydrogens is 446 g/mol. The smallest absolute Gasteiger partial charge is 0.0551 e. The maximum Gasteiger partial charge on any atom is 0.0551 e. The van der Waals surface area contributed by atoms with E-state index in [1.54, 1.807) is 0 Å². The Bertz CT molecular complexity index is 1860. The standard InChI is InChI=1S/C36H25N/c1-3-13-25(14-4-1)27-17-7-9-19-29(27)32-23-24-33-30-20-11-12-22-34(30)37-36(33)35(32)31-21-10-8-18-28(31)26-15-5-2-6-16-26/h1-24,37H. The van der Waals surface area contributed by atoms with Crippen molar-refractivity contribution >= 4 is 21.8 Å². The van der Waals surface area contributed by atoms with E-state index in [2.05, 4.69) is 151 Å². The van der Waals surface area contributed by atoms with E-state index < -0.39 is 0 Å². The number of para-hydroxylation sites is 1. The molecule has 0 aliphatic rings. The molecule has 1 nitrogen and oxygen atoms in total. The van der Waals surface area contributed by atoms with Crippen LogP contribution in [0.15, 0.2) is 146 Å². The first-order valence-electron chi connectivity index (χ1n) is 12.7. The fourth-order valence-corrected chi connectivity index (χ4v) is 5.58. The van der Waals surface area contributed by atoms with Gasteiger partial charge in [0.2, 0.25) is 0 Å². The number of nitrogens with one attached hydrogen (secondary N) is 1. The third-order valence-corrected chi connectivity index (χ3v) is 7.27. The summed E-state index contributed by atoms with van der Waals surface area (Å²) in [4.78, 5) is 3.79. The molecule has 7 aromatic rings. The zero-order valence-corrected chi connectivity index (χ0v) is 20.4. The molecule has 0 saturated carbocycles. The topological polar surface area (TPSA) is 15.8 Å². The lowest BCUT2D eigenvalue weighted by atomic mass is 9.85. The molecule has 37 heavy (non-hydrogen) atoms. The molecule has 0 bridgehead atoms. The first-order valence-corrected chi connectivity index (χ1v) is 12.7. The monoisotopic (exact) mass is 471 g/mol. The van der Waals surface area contributed by atoms with Crippen molar-refractivity contribution in [2.24, 2.45) is 0 Å². The Kier molecular flexibility index (Phi) is 5.19. The van der Waals surface area contributed by atoms with E-state index in [0.29, 0.717) is 0 Å². The van der Waals surface area contributed by atoms with Crippen LogP contribution in [0.2, 0.25) is 0 Å². The van der Waals surface area contributed by atoms with E-state index >= 15 is 0 Å². The van der Waals surface area contributed by atoms with E-state index in [-0.39, 0.29) is 0 Å². The van der Waals surface area contributed by atoms with Crippen molar-refractivity contribution in [1.29, 1.82) is 0 Å². The highest BCUT2D eigenvalue weighted by molar-refractivity contribution is 6.16. The van der Waals surface area contributed by atoms with E-state index in [4.69, 9.17) is 0 Å². The molecule has 7 rings (SSSR count). The van der Waals surface area contributed by atoms with Gasteiger partial charge in [-0.25, -0.2) is 0 Å². The summed E-state index contributed by atoms with van der Waals surface area (Å²) in [5.74, 6) is 0. The van der Waals surface area contributed by atoms with E-state index in [9.17, 15) is 0 Å². The van der Waals surface area contributed by atoms with Crippen molar-refractivity contribution in [3.8, 4) is 44.5 Å². The Hall–Kier alpha value is -4.88. The Labute approximate surface area is 216 Å². The summed E-state index contributed by atoms with van der Waals surface area (Å²) >= 11 is 0. The van der Waals surface area contributed by atoms with Crippen molar-refractivity contribution in [3.63, 3.8) is 0 Å². The Morgan fingerprint density at radius 1 is 0.324 bits per heavy atom. The minimum atomic E-state index is 1.16. The van der Waals surface area contributed by atoms with Crippen LogP contribution in [0.1, 0.15) is 0 Å². The highest BCUT2D eigenvalue weighted by Crippen LogP contribution is 2.45. The first-order chi connectivity index (χ1) is 18.4. The zero-order chi connectivity index (χ0) is 24.6. The van der Waals surface area contributed by atoms with Crippen LogP contribution in [0.3, 0.4) is 0 Å². The summed E-state index contributed by atoms with van der Waals surface area (Å²) in [6, 6.07) is 52.1. The quantitative estimate of drug-likeness (QED) is 0.263. The van der Waals surface area contributed by atoms with Gasteiger partial charge in [0.05, 0.1) is 5.52 Å². The Balaban J connectivity index is 1.60. The van der Waals surface area contributed by atoms with Crippen LogP contribution in [0.5, 0.6) is 0 Å². The van der Waals surface area contributed by atoms with Crippen molar-refractivity contribution in [1.82, 2.24) is 4.98 Å².